The monoisotopic (exact) mass is 446 g/mol. The minimum absolute atomic E-state index is 0.0759. The summed E-state index contributed by atoms with van der Waals surface area (Å²) in [5.74, 6) is 6.12. The third-order valence-corrected chi connectivity index (χ3v) is 5.71. The van der Waals surface area contributed by atoms with Gasteiger partial charge in [0.15, 0.2) is 15.5 Å². The van der Waals surface area contributed by atoms with E-state index in [9.17, 15) is 21.6 Å². The van der Waals surface area contributed by atoms with Crippen molar-refractivity contribution >= 4 is 9.84 Å². The molecule has 1 aromatic heterocycles. The molecule has 2 aromatic carbocycles. The number of benzene rings is 2. The van der Waals surface area contributed by atoms with E-state index in [4.69, 9.17) is 0 Å². The Balaban J connectivity index is 2.01. The van der Waals surface area contributed by atoms with Gasteiger partial charge in [-0.1, -0.05) is 37.3 Å². The number of hydrogen-bond acceptors (Lipinski definition) is 3. The average Bonchev–Trinajstić information content (AvgIpc) is 3.17. The van der Waals surface area contributed by atoms with Crippen LogP contribution in [-0.2, 0) is 16.0 Å². The lowest BCUT2D eigenvalue weighted by molar-refractivity contribution is -0.141. The van der Waals surface area contributed by atoms with Crippen LogP contribution in [0.4, 0.5) is 13.2 Å². The molecule has 0 radical (unpaired) electrons. The molecule has 0 aliphatic rings. The summed E-state index contributed by atoms with van der Waals surface area (Å²) < 4.78 is 64.5. The zero-order chi connectivity index (χ0) is 22.6. The normalized spacial score (nSPS) is 11.8. The fraction of sp³-hybridized carbons (Fsp3) is 0.261. The van der Waals surface area contributed by atoms with Gasteiger partial charge in [0, 0.05) is 23.8 Å². The van der Waals surface area contributed by atoms with Crippen molar-refractivity contribution in [3.05, 3.63) is 65.9 Å². The zero-order valence-electron chi connectivity index (χ0n) is 17.1. The van der Waals surface area contributed by atoms with Crippen LogP contribution < -0.4 is 0 Å². The lowest BCUT2D eigenvalue weighted by atomic mass is 10.1. The van der Waals surface area contributed by atoms with Gasteiger partial charge >= 0.3 is 6.18 Å². The number of alkyl halides is 3. The molecule has 8 heteroatoms. The Kier molecular flexibility index (Phi) is 6.56. The molecule has 0 unspecified atom stereocenters. The number of sulfone groups is 1. The first-order chi connectivity index (χ1) is 14.6. The van der Waals surface area contributed by atoms with E-state index in [-0.39, 0.29) is 10.6 Å². The van der Waals surface area contributed by atoms with Crippen molar-refractivity contribution < 1.29 is 21.6 Å². The summed E-state index contributed by atoms with van der Waals surface area (Å²) in [4.78, 5) is 0.0759. The Morgan fingerprint density at radius 3 is 2.23 bits per heavy atom. The van der Waals surface area contributed by atoms with Gasteiger partial charge in [-0.2, -0.15) is 18.3 Å². The second kappa shape index (κ2) is 8.98. The summed E-state index contributed by atoms with van der Waals surface area (Å²) >= 11 is 0. The van der Waals surface area contributed by atoms with Crippen molar-refractivity contribution in [1.29, 1.82) is 0 Å². The molecular weight excluding hydrogens is 425 g/mol. The second-order valence-corrected chi connectivity index (χ2v) is 9.09. The largest absolute Gasteiger partial charge is 0.435 e. The van der Waals surface area contributed by atoms with Crippen LogP contribution in [0.15, 0.2) is 59.5 Å². The van der Waals surface area contributed by atoms with E-state index in [0.717, 1.165) is 41.8 Å². The molecule has 3 aromatic rings. The highest BCUT2D eigenvalue weighted by atomic mass is 32.2. The number of nitrogens with zero attached hydrogens (tertiary/aromatic N) is 2. The third-order valence-electron chi connectivity index (χ3n) is 4.58. The smallest absolute Gasteiger partial charge is 0.233 e. The minimum atomic E-state index is -4.61. The summed E-state index contributed by atoms with van der Waals surface area (Å²) in [7, 11) is -3.42. The molecule has 0 fully saturated rings. The van der Waals surface area contributed by atoms with E-state index in [1.54, 1.807) is 24.3 Å². The maximum absolute atomic E-state index is 13.3. The van der Waals surface area contributed by atoms with Gasteiger partial charge in [0.05, 0.1) is 16.3 Å². The summed E-state index contributed by atoms with van der Waals surface area (Å²) in [5, 5.41) is 3.73. The van der Waals surface area contributed by atoms with Crippen LogP contribution >= 0.6 is 0 Å². The summed E-state index contributed by atoms with van der Waals surface area (Å²) in [5.41, 5.74) is 0.846. The Labute approximate surface area is 179 Å². The molecule has 0 atom stereocenters. The molecule has 0 aliphatic heterocycles. The van der Waals surface area contributed by atoms with Crippen LogP contribution in [0.2, 0.25) is 0 Å². The van der Waals surface area contributed by atoms with Gasteiger partial charge in [0.1, 0.15) is 0 Å². The molecule has 0 N–H and O–H groups in total. The van der Waals surface area contributed by atoms with Gasteiger partial charge in [0.2, 0.25) is 0 Å². The van der Waals surface area contributed by atoms with Crippen molar-refractivity contribution in [3.63, 3.8) is 0 Å². The highest BCUT2D eigenvalue weighted by molar-refractivity contribution is 7.90. The van der Waals surface area contributed by atoms with Gasteiger partial charge in [-0.05, 0) is 48.9 Å². The Morgan fingerprint density at radius 2 is 1.68 bits per heavy atom. The lowest BCUT2D eigenvalue weighted by Gasteiger charge is -2.09. The molecular formula is C23H21F3N2O2S. The quantitative estimate of drug-likeness (QED) is 0.384. The van der Waals surface area contributed by atoms with Crippen LogP contribution in [0.25, 0.3) is 16.9 Å². The molecule has 0 spiro atoms. The maximum atomic E-state index is 13.3. The van der Waals surface area contributed by atoms with E-state index in [1.165, 1.54) is 24.3 Å². The lowest BCUT2D eigenvalue weighted by Crippen LogP contribution is -2.07. The molecule has 0 bridgehead atoms. The molecule has 0 saturated heterocycles. The first kappa shape index (κ1) is 22.6. The molecule has 4 nitrogen and oxygen atoms in total. The first-order valence-corrected chi connectivity index (χ1v) is 11.6. The number of aromatic nitrogens is 2. The second-order valence-electron chi connectivity index (χ2n) is 7.07. The van der Waals surface area contributed by atoms with Gasteiger partial charge in [-0.3, -0.25) is 0 Å². The third kappa shape index (κ3) is 5.56. The van der Waals surface area contributed by atoms with Gasteiger partial charge < -0.3 is 0 Å². The zero-order valence-corrected chi connectivity index (χ0v) is 17.9. The first-order valence-electron chi connectivity index (χ1n) is 9.66. The highest BCUT2D eigenvalue weighted by Gasteiger charge is 2.35. The standard InChI is InChI=1S/C23H21F3N2O2S/c1-3-4-5-6-7-17-8-10-18(11-9-17)21-16-22(23(24,25)26)27-28(21)19-12-14-20(15-13-19)31(2,29)30/h8-16H,3-5H2,1-2H3. The Bertz CT molecular complexity index is 1220. The molecule has 162 valence electrons. The van der Waals surface area contributed by atoms with Crippen LogP contribution in [0.3, 0.4) is 0 Å². The molecule has 0 aliphatic carbocycles. The summed E-state index contributed by atoms with van der Waals surface area (Å²) in [6.45, 7) is 2.09. The van der Waals surface area contributed by atoms with Crippen molar-refractivity contribution in [2.24, 2.45) is 0 Å². The van der Waals surface area contributed by atoms with Crippen LogP contribution in [0.1, 0.15) is 37.4 Å². The van der Waals surface area contributed by atoms with Crippen molar-refractivity contribution in [3.8, 4) is 28.8 Å². The molecule has 31 heavy (non-hydrogen) atoms. The van der Waals surface area contributed by atoms with Crippen molar-refractivity contribution in [2.75, 3.05) is 6.26 Å². The number of unbranched alkanes of at least 4 members (excludes halogenated alkanes) is 2. The average molecular weight is 446 g/mol. The molecule has 0 amide bonds. The molecule has 1 heterocycles. The van der Waals surface area contributed by atoms with E-state index in [1.807, 2.05) is 0 Å². The topological polar surface area (TPSA) is 52.0 Å². The Morgan fingerprint density at radius 1 is 1.03 bits per heavy atom. The van der Waals surface area contributed by atoms with Crippen molar-refractivity contribution in [2.45, 2.75) is 37.3 Å². The number of hydrogen-bond donors (Lipinski definition) is 0. The summed E-state index contributed by atoms with van der Waals surface area (Å²) in [6.07, 6.45) is -0.677. The highest BCUT2D eigenvalue weighted by Crippen LogP contribution is 2.33. The van der Waals surface area contributed by atoms with Gasteiger partial charge in [0.25, 0.3) is 0 Å². The fourth-order valence-electron chi connectivity index (χ4n) is 2.91. The van der Waals surface area contributed by atoms with E-state index < -0.39 is 21.7 Å². The minimum Gasteiger partial charge on any atom is -0.233 e. The van der Waals surface area contributed by atoms with Crippen LogP contribution in [0.5, 0.6) is 0 Å². The van der Waals surface area contributed by atoms with E-state index in [0.29, 0.717) is 11.3 Å². The number of rotatable bonds is 5. The number of halogens is 3. The van der Waals surface area contributed by atoms with Crippen LogP contribution in [-0.4, -0.2) is 24.5 Å². The molecule has 0 saturated carbocycles. The van der Waals surface area contributed by atoms with Gasteiger partial charge in [-0.15, -0.1) is 0 Å². The SMILES string of the molecule is CCCCC#Cc1ccc(-c2cc(C(F)(F)F)nn2-c2ccc(S(C)(=O)=O)cc2)cc1. The van der Waals surface area contributed by atoms with Crippen LogP contribution in [0, 0.1) is 11.8 Å². The predicted octanol–water partition coefficient (Wildman–Crippen LogP) is 5.50. The maximum Gasteiger partial charge on any atom is 0.435 e. The van der Waals surface area contributed by atoms with E-state index >= 15 is 0 Å². The summed E-state index contributed by atoms with van der Waals surface area (Å²) in [6, 6.07) is 13.4. The van der Waals surface area contributed by atoms with E-state index in [2.05, 4.69) is 23.9 Å². The molecule has 3 rings (SSSR count). The van der Waals surface area contributed by atoms with Crippen molar-refractivity contribution in [1.82, 2.24) is 9.78 Å². The van der Waals surface area contributed by atoms with Gasteiger partial charge in [-0.25, -0.2) is 13.1 Å². The predicted molar refractivity (Wildman–Crippen MR) is 114 cm³/mol. The Hall–Kier alpha value is -3.05. The fourth-order valence-corrected chi connectivity index (χ4v) is 3.54.